The lowest BCUT2D eigenvalue weighted by molar-refractivity contribution is 0.421. The highest BCUT2D eigenvalue weighted by Gasteiger charge is 2.40. The molecule has 4 heteroatoms. The largest absolute Gasteiger partial charge is 0.375 e. The molecule has 2 aromatic rings. The maximum absolute atomic E-state index is 14.3. The van der Waals surface area contributed by atoms with Gasteiger partial charge in [0.1, 0.15) is 5.82 Å². The fourth-order valence-electron chi connectivity index (χ4n) is 3.68. The fraction of sp³-hybridized carbons (Fsp3) is 0.222. The molecule has 0 saturated heterocycles. The van der Waals surface area contributed by atoms with Gasteiger partial charge < -0.3 is 5.32 Å². The molecule has 0 fully saturated rings. The molecule has 1 N–H and O–H groups in total. The van der Waals surface area contributed by atoms with Gasteiger partial charge in [0.15, 0.2) is 0 Å². The summed E-state index contributed by atoms with van der Waals surface area (Å²) < 4.78 is 14.3. The minimum atomic E-state index is -0.232. The fourth-order valence-corrected chi connectivity index (χ4v) is 4.31. The minimum absolute atomic E-state index is 0.0920. The SMILES string of the molecule is Fc1cccc2c1NC(c1c(Cl)cccc1Cl)C1CC=CC21. The van der Waals surface area contributed by atoms with Crippen LogP contribution in [0.25, 0.3) is 0 Å². The topological polar surface area (TPSA) is 12.0 Å². The summed E-state index contributed by atoms with van der Waals surface area (Å²) in [7, 11) is 0. The van der Waals surface area contributed by atoms with Crippen molar-refractivity contribution in [3.63, 3.8) is 0 Å². The summed E-state index contributed by atoms with van der Waals surface area (Å²) in [5, 5.41) is 4.59. The number of hydrogen-bond acceptors (Lipinski definition) is 1. The predicted octanol–water partition coefficient (Wildman–Crippen LogP) is 5.96. The number of fused-ring (bicyclic) bond motifs is 3. The molecule has 0 radical (unpaired) electrons. The van der Waals surface area contributed by atoms with Crippen LogP contribution in [0.5, 0.6) is 0 Å². The van der Waals surface area contributed by atoms with E-state index >= 15 is 0 Å². The molecular formula is C18H14Cl2FN. The van der Waals surface area contributed by atoms with Crippen LogP contribution in [0.15, 0.2) is 48.6 Å². The Bertz CT molecular complexity index is 751. The van der Waals surface area contributed by atoms with Gasteiger partial charge in [0.25, 0.3) is 0 Å². The van der Waals surface area contributed by atoms with Crippen LogP contribution in [0.4, 0.5) is 10.1 Å². The first-order chi connectivity index (χ1) is 10.7. The molecular weight excluding hydrogens is 320 g/mol. The number of hydrogen-bond donors (Lipinski definition) is 1. The van der Waals surface area contributed by atoms with Gasteiger partial charge >= 0.3 is 0 Å². The lowest BCUT2D eigenvalue weighted by Crippen LogP contribution is -2.30. The van der Waals surface area contributed by atoms with E-state index in [1.165, 1.54) is 6.07 Å². The summed E-state index contributed by atoms with van der Waals surface area (Å²) >= 11 is 12.8. The first-order valence-corrected chi connectivity index (χ1v) is 8.08. The van der Waals surface area contributed by atoms with Crippen LogP contribution in [0.1, 0.15) is 29.5 Å². The molecule has 3 atom stereocenters. The van der Waals surface area contributed by atoms with Crippen molar-refractivity contribution in [1.29, 1.82) is 0 Å². The van der Waals surface area contributed by atoms with E-state index < -0.39 is 0 Å². The number of anilines is 1. The minimum Gasteiger partial charge on any atom is -0.375 e. The van der Waals surface area contributed by atoms with E-state index in [1.807, 2.05) is 24.3 Å². The lowest BCUT2D eigenvalue weighted by Gasteiger charge is -2.38. The van der Waals surface area contributed by atoms with E-state index in [2.05, 4.69) is 17.5 Å². The second kappa shape index (κ2) is 5.29. The molecule has 0 aromatic heterocycles. The van der Waals surface area contributed by atoms with Crippen LogP contribution >= 0.6 is 23.2 Å². The van der Waals surface area contributed by atoms with Crippen LogP contribution in [0, 0.1) is 11.7 Å². The van der Waals surface area contributed by atoms with Gasteiger partial charge in [0.2, 0.25) is 0 Å². The van der Waals surface area contributed by atoms with E-state index in [0.717, 1.165) is 17.5 Å². The van der Waals surface area contributed by atoms with E-state index in [9.17, 15) is 4.39 Å². The lowest BCUT2D eigenvalue weighted by atomic mass is 9.77. The Labute approximate surface area is 138 Å². The molecule has 1 aliphatic carbocycles. The summed E-state index contributed by atoms with van der Waals surface area (Å²) in [6, 6.07) is 10.6. The quantitative estimate of drug-likeness (QED) is 0.635. The summed E-state index contributed by atoms with van der Waals surface area (Å²) in [4.78, 5) is 0. The van der Waals surface area contributed by atoms with Gasteiger partial charge in [-0.05, 0) is 36.1 Å². The first-order valence-electron chi connectivity index (χ1n) is 7.32. The predicted molar refractivity (Wildman–Crippen MR) is 89.2 cm³/mol. The number of nitrogens with one attached hydrogen (secondary N) is 1. The van der Waals surface area contributed by atoms with Crippen LogP contribution < -0.4 is 5.32 Å². The molecule has 0 spiro atoms. The van der Waals surface area contributed by atoms with Gasteiger partial charge in [-0.2, -0.15) is 0 Å². The molecule has 22 heavy (non-hydrogen) atoms. The molecule has 1 heterocycles. The van der Waals surface area contributed by atoms with Gasteiger partial charge in [0, 0.05) is 21.5 Å². The van der Waals surface area contributed by atoms with Gasteiger partial charge in [-0.3, -0.25) is 0 Å². The molecule has 0 saturated carbocycles. The zero-order valence-electron chi connectivity index (χ0n) is 11.7. The van der Waals surface area contributed by atoms with Crippen molar-refractivity contribution in [1.82, 2.24) is 0 Å². The van der Waals surface area contributed by atoms with E-state index in [-0.39, 0.29) is 17.8 Å². The van der Waals surface area contributed by atoms with Gasteiger partial charge in [-0.15, -0.1) is 0 Å². The van der Waals surface area contributed by atoms with Crippen LogP contribution in [-0.2, 0) is 0 Å². The molecule has 0 bridgehead atoms. The third-order valence-corrected chi connectivity index (χ3v) is 5.32. The summed E-state index contributed by atoms with van der Waals surface area (Å²) in [6.07, 6.45) is 5.26. The van der Waals surface area contributed by atoms with Crippen LogP contribution in [-0.4, -0.2) is 0 Å². The summed E-state index contributed by atoms with van der Waals surface area (Å²) in [5.74, 6) is 0.264. The Morgan fingerprint density at radius 3 is 2.55 bits per heavy atom. The van der Waals surface area contributed by atoms with Crippen molar-refractivity contribution < 1.29 is 4.39 Å². The standard InChI is InChI=1S/C18H14Cl2FN/c19-13-7-3-8-14(20)16(13)18-12-5-1-4-10(12)11-6-2-9-15(21)17(11)22-18/h1-4,6-10,12,18,22H,5H2. The average Bonchev–Trinajstić information content (AvgIpc) is 2.98. The van der Waals surface area contributed by atoms with Crippen LogP contribution in [0.3, 0.4) is 0 Å². The zero-order chi connectivity index (χ0) is 15.3. The van der Waals surface area contributed by atoms with E-state index in [1.54, 1.807) is 6.07 Å². The van der Waals surface area contributed by atoms with Crippen molar-refractivity contribution in [3.05, 3.63) is 75.5 Å². The molecule has 2 aliphatic rings. The third kappa shape index (κ3) is 2.05. The molecule has 3 unspecified atom stereocenters. The van der Waals surface area contributed by atoms with Gasteiger partial charge in [0.05, 0.1) is 11.7 Å². The maximum Gasteiger partial charge on any atom is 0.146 e. The Kier molecular flexibility index (Phi) is 3.39. The molecule has 1 aliphatic heterocycles. The first kappa shape index (κ1) is 14.1. The highest BCUT2D eigenvalue weighted by molar-refractivity contribution is 6.36. The molecule has 4 rings (SSSR count). The second-order valence-corrected chi connectivity index (χ2v) is 6.63. The normalized spacial score (nSPS) is 25.5. The molecule has 1 nitrogen and oxygen atoms in total. The van der Waals surface area contributed by atoms with E-state index in [0.29, 0.717) is 21.7 Å². The van der Waals surface area contributed by atoms with Crippen molar-refractivity contribution in [2.45, 2.75) is 18.4 Å². The monoisotopic (exact) mass is 333 g/mol. The number of rotatable bonds is 1. The van der Waals surface area contributed by atoms with Crippen molar-refractivity contribution in [2.24, 2.45) is 5.92 Å². The summed E-state index contributed by atoms with van der Waals surface area (Å²) in [6.45, 7) is 0. The third-order valence-electron chi connectivity index (χ3n) is 4.66. The van der Waals surface area contributed by atoms with Gasteiger partial charge in [-0.1, -0.05) is 53.6 Å². The number of allylic oxidation sites excluding steroid dienone is 2. The highest BCUT2D eigenvalue weighted by atomic mass is 35.5. The van der Waals surface area contributed by atoms with E-state index in [4.69, 9.17) is 23.2 Å². The maximum atomic E-state index is 14.3. The Hall–Kier alpha value is -1.51. The zero-order valence-corrected chi connectivity index (χ0v) is 13.2. The number of para-hydroxylation sites is 1. The number of halogens is 3. The second-order valence-electron chi connectivity index (χ2n) is 5.81. The number of benzene rings is 2. The average molecular weight is 334 g/mol. The summed E-state index contributed by atoms with van der Waals surface area (Å²) in [5.41, 5.74) is 2.44. The van der Waals surface area contributed by atoms with Crippen molar-refractivity contribution in [2.75, 3.05) is 5.32 Å². The molecule has 112 valence electrons. The van der Waals surface area contributed by atoms with Crippen molar-refractivity contribution >= 4 is 28.9 Å². The Morgan fingerprint density at radius 1 is 1.05 bits per heavy atom. The van der Waals surface area contributed by atoms with Crippen molar-refractivity contribution in [3.8, 4) is 0 Å². The molecule has 2 aromatic carbocycles. The molecule has 0 amide bonds. The Morgan fingerprint density at radius 2 is 1.77 bits per heavy atom. The Balaban J connectivity index is 1.88. The van der Waals surface area contributed by atoms with Crippen LogP contribution in [0.2, 0.25) is 10.0 Å². The smallest absolute Gasteiger partial charge is 0.146 e. The van der Waals surface area contributed by atoms with Gasteiger partial charge in [-0.25, -0.2) is 4.39 Å². The highest BCUT2D eigenvalue weighted by Crippen LogP contribution is 2.52.